The van der Waals surface area contributed by atoms with E-state index in [-0.39, 0.29) is 0 Å². The van der Waals surface area contributed by atoms with E-state index in [1.807, 2.05) is 0 Å². The zero-order valence-electron chi connectivity index (χ0n) is 7.13. The number of hydrogen-bond acceptors (Lipinski definition) is 2. The predicted molar refractivity (Wildman–Crippen MR) is 42.1 cm³/mol. The highest BCUT2D eigenvalue weighted by Crippen LogP contribution is 2.18. The van der Waals surface area contributed by atoms with Gasteiger partial charge < -0.3 is 9.64 Å². The van der Waals surface area contributed by atoms with E-state index in [1.54, 1.807) is 0 Å². The third kappa shape index (κ3) is 1.70. The fourth-order valence-corrected chi connectivity index (χ4v) is 1.33. The van der Waals surface area contributed by atoms with Crippen LogP contribution in [0.15, 0.2) is 0 Å². The lowest BCUT2D eigenvalue weighted by Gasteiger charge is -2.16. The van der Waals surface area contributed by atoms with Crippen molar-refractivity contribution in [1.82, 2.24) is 4.90 Å². The molecule has 60 valence electrons. The van der Waals surface area contributed by atoms with Crippen LogP contribution in [-0.4, -0.2) is 37.7 Å². The first kappa shape index (κ1) is 8.02. The molecule has 1 fully saturated rings. The SMILES string of the molecule is CCC1CC(N(C)C)CO1. The molecule has 0 N–H and O–H groups in total. The minimum absolute atomic E-state index is 0.521. The van der Waals surface area contributed by atoms with Crippen molar-refractivity contribution in [1.29, 1.82) is 0 Å². The van der Waals surface area contributed by atoms with Crippen LogP contribution in [0.3, 0.4) is 0 Å². The molecule has 0 bridgehead atoms. The second-order valence-electron chi connectivity index (χ2n) is 3.22. The molecule has 1 aliphatic rings. The standard InChI is InChI=1S/C8H17NO/c1-4-8-5-7(6-10-8)9(2)3/h7-8H,4-6H2,1-3H3. The molecule has 2 atom stereocenters. The van der Waals surface area contributed by atoms with Crippen molar-refractivity contribution >= 4 is 0 Å². The molecule has 0 aliphatic carbocycles. The van der Waals surface area contributed by atoms with E-state index in [0.29, 0.717) is 12.1 Å². The van der Waals surface area contributed by atoms with Crippen molar-refractivity contribution in [3.8, 4) is 0 Å². The number of nitrogens with zero attached hydrogens (tertiary/aromatic N) is 1. The van der Waals surface area contributed by atoms with Gasteiger partial charge in [-0.3, -0.25) is 0 Å². The molecule has 0 aromatic carbocycles. The normalized spacial score (nSPS) is 33.6. The van der Waals surface area contributed by atoms with Gasteiger partial charge in [0.15, 0.2) is 0 Å². The van der Waals surface area contributed by atoms with Crippen LogP contribution in [0.1, 0.15) is 19.8 Å². The molecule has 2 unspecified atom stereocenters. The molecule has 0 amide bonds. The summed E-state index contributed by atoms with van der Waals surface area (Å²) in [5.41, 5.74) is 0. The predicted octanol–water partition coefficient (Wildman–Crippen LogP) is 1.12. The second kappa shape index (κ2) is 3.35. The Morgan fingerprint density at radius 1 is 1.50 bits per heavy atom. The Bertz CT molecular complexity index is 103. The summed E-state index contributed by atoms with van der Waals surface area (Å²) < 4.78 is 5.53. The van der Waals surface area contributed by atoms with Crippen LogP contribution in [0.5, 0.6) is 0 Å². The summed E-state index contributed by atoms with van der Waals surface area (Å²) in [6.07, 6.45) is 2.89. The van der Waals surface area contributed by atoms with Crippen molar-refractivity contribution < 1.29 is 4.74 Å². The van der Waals surface area contributed by atoms with Crippen LogP contribution < -0.4 is 0 Å². The highest BCUT2D eigenvalue weighted by molar-refractivity contribution is 4.77. The Kier molecular flexibility index (Phi) is 2.69. The van der Waals surface area contributed by atoms with Crippen molar-refractivity contribution in [2.45, 2.75) is 31.9 Å². The van der Waals surface area contributed by atoms with Crippen LogP contribution in [0.25, 0.3) is 0 Å². The zero-order chi connectivity index (χ0) is 7.56. The molecule has 10 heavy (non-hydrogen) atoms. The lowest BCUT2D eigenvalue weighted by atomic mass is 10.1. The molecule has 1 aliphatic heterocycles. The Morgan fingerprint density at radius 3 is 2.50 bits per heavy atom. The van der Waals surface area contributed by atoms with Gasteiger partial charge in [0.2, 0.25) is 0 Å². The molecule has 0 saturated carbocycles. The van der Waals surface area contributed by atoms with E-state index in [2.05, 4.69) is 25.9 Å². The summed E-state index contributed by atoms with van der Waals surface area (Å²) in [5.74, 6) is 0. The Hall–Kier alpha value is -0.0800. The molecular weight excluding hydrogens is 126 g/mol. The van der Waals surface area contributed by atoms with Gasteiger partial charge in [0.25, 0.3) is 0 Å². The van der Waals surface area contributed by atoms with Gasteiger partial charge in [-0.2, -0.15) is 0 Å². The first-order valence-corrected chi connectivity index (χ1v) is 4.02. The molecule has 1 rings (SSSR count). The van der Waals surface area contributed by atoms with Crippen LogP contribution in [-0.2, 0) is 4.74 Å². The maximum atomic E-state index is 5.53. The number of likely N-dealkylation sites (N-methyl/N-ethyl adjacent to an activating group) is 1. The number of ether oxygens (including phenoxy) is 1. The van der Waals surface area contributed by atoms with Crippen molar-refractivity contribution in [3.05, 3.63) is 0 Å². The third-order valence-corrected chi connectivity index (χ3v) is 2.24. The van der Waals surface area contributed by atoms with E-state index >= 15 is 0 Å². The van der Waals surface area contributed by atoms with Gasteiger partial charge in [-0.05, 0) is 26.9 Å². The molecule has 0 radical (unpaired) electrons. The molecule has 0 spiro atoms. The molecule has 2 nitrogen and oxygen atoms in total. The van der Waals surface area contributed by atoms with Gasteiger partial charge in [0, 0.05) is 6.04 Å². The summed E-state index contributed by atoms with van der Waals surface area (Å²) in [7, 11) is 4.23. The number of rotatable bonds is 2. The van der Waals surface area contributed by atoms with Gasteiger partial charge >= 0.3 is 0 Å². The van der Waals surface area contributed by atoms with Crippen LogP contribution >= 0.6 is 0 Å². The van der Waals surface area contributed by atoms with Gasteiger partial charge in [0.1, 0.15) is 0 Å². The first-order chi connectivity index (χ1) is 4.74. The molecular formula is C8H17NO. The summed E-state index contributed by atoms with van der Waals surface area (Å²) in [6, 6.07) is 0.657. The summed E-state index contributed by atoms with van der Waals surface area (Å²) in [5, 5.41) is 0. The molecule has 0 aromatic rings. The lowest BCUT2D eigenvalue weighted by molar-refractivity contribution is 0.100. The topological polar surface area (TPSA) is 12.5 Å². The minimum atomic E-state index is 0.521. The molecule has 1 heterocycles. The Labute approximate surface area is 63.2 Å². The average Bonchev–Trinajstić information content (AvgIpc) is 2.34. The smallest absolute Gasteiger partial charge is 0.0626 e. The van der Waals surface area contributed by atoms with Crippen LogP contribution in [0.2, 0.25) is 0 Å². The van der Waals surface area contributed by atoms with Gasteiger partial charge in [-0.15, -0.1) is 0 Å². The number of hydrogen-bond donors (Lipinski definition) is 0. The monoisotopic (exact) mass is 143 g/mol. The van der Waals surface area contributed by atoms with E-state index in [9.17, 15) is 0 Å². The van der Waals surface area contributed by atoms with Crippen molar-refractivity contribution in [2.24, 2.45) is 0 Å². The Balaban J connectivity index is 2.28. The summed E-state index contributed by atoms with van der Waals surface area (Å²) in [4.78, 5) is 2.25. The van der Waals surface area contributed by atoms with Gasteiger partial charge in [-0.1, -0.05) is 6.92 Å². The van der Waals surface area contributed by atoms with E-state index in [0.717, 1.165) is 13.0 Å². The fourth-order valence-electron chi connectivity index (χ4n) is 1.33. The molecule has 0 aromatic heterocycles. The van der Waals surface area contributed by atoms with E-state index in [1.165, 1.54) is 6.42 Å². The largest absolute Gasteiger partial charge is 0.377 e. The highest BCUT2D eigenvalue weighted by Gasteiger charge is 2.24. The van der Waals surface area contributed by atoms with Crippen LogP contribution in [0, 0.1) is 0 Å². The molecule has 2 heteroatoms. The third-order valence-electron chi connectivity index (χ3n) is 2.24. The summed E-state index contributed by atoms with van der Waals surface area (Å²) >= 11 is 0. The average molecular weight is 143 g/mol. The van der Waals surface area contributed by atoms with E-state index in [4.69, 9.17) is 4.74 Å². The fraction of sp³-hybridized carbons (Fsp3) is 1.00. The maximum Gasteiger partial charge on any atom is 0.0626 e. The van der Waals surface area contributed by atoms with E-state index < -0.39 is 0 Å². The van der Waals surface area contributed by atoms with Gasteiger partial charge in [-0.25, -0.2) is 0 Å². The quantitative estimate of drug-likeness (QED) is 0.574. The van der Waals surface area contributed by atoms with Gasteiger partial charge in [0.05, 0.1) is 12.7 Å². The molecule has 1 saturated heterocycles. The minimum Gasteiger partial charge on any atom is -0.377 e. The van der Waals surface area contributed by atoms with Crippen LogP contribution in [0.4, 0.5) is 0 Å². The highest BCUT2D eigenvalue weighted by atomic mass is 16.5. The zero-order valence-corrected chi connectivity index (χ0v) is 7.13. The second-order valence-corrected chi connectivity index (χ2v) is 3.22. The summed E-state index contributed by atoms with van der Waals surface area (Å²) in [6.45, 7) is 3.11. The first-order valence-electron chi connectivity index (χ1n) is 4.02. The Morgan fingerprint density at radius 2 is 2.20 bits per heavy atom. The lowest BCUT2D eigenvalue weighted by Crippen LogP contribution is -2.27. The van der Waals surface area contributed by atoms with Crippen molar-refractivity contribution in [3.63, 3.8) is 0 Å². The van der Waals surface area contributed by atoms with Crippen molar-refractivity contribution in [2.75, 3.05) is 20.7 Å². The maximum absolute atomic E-state index is 5.53.